The summed E-state index contributed by atoms with van der Waals surface area (Å²) in [5.41, 5.74) is 2.84. The molecule has 2 heteroatoms. The van der Waals surface area contributed by atoms with Gasteiger partial charge >= 0.3 is 0 Å². The predicted octanol–water partition coefficient (Wildman–Crippen LogP) is 2.12. The van der Waals surface area contributed by atoms with Crippen molar-refractivity contribution in [3.8, 4) is 0 Å². The van der Waals surface area contributed by atoms with Gasteiger partial charge in [-0.1, -0.05) is 13.8 Å². The summed E-state index contributed by atoms with van der Waals surface area (Å²) in [6.45, 7) is 6.82. The van der Waals surface area contributed by atoms with Crippen LogP contribution in [0.15, 0.2) is 18.5 Å². The van der Waals surface area contributed by atoms with Crippen LogP contribution in [0.1, 0.15) is 30.9 Å². The van der Waals surface area contributed by atoms with E-state index in [0.717, 1.165) is 0 Å². The highest BCUT2D eigenvalue weighted by molar-refractivity contribution is 5.35. The number of pyridine rings is 1. The molecule has 1 fully saturated rings. The van der Waals surface area contributed by atoms with Crippen molar-refractivity contribution in [2.75, 3.05) is 6.61 Å². The zero-order valence-electron chi connectivity index (χ0n) is 8.99. The van der Waals surface area contributed by atoms with E-state index >= 15 is 0 Å². The molecule has 0 radical (unpaired) electrons. The van der Waals surface area contributed by atoms with Crippen LogP contribution in [-0.2, 0) is 0 Å². The molecule has 2 atom stereocenters. The maximum Gasteiger partial charge on any atom is 0.0470 e. The van der Waals surface area contributed by atoms with Gasteiger partial charge < -0.3 is 5.11 Å². The normalized spacial score (nSPS) is 28.9. The van der Waals surface area contributed by atoms with Crippen LogP contribution < -0.4 is 0 Å². The molecule has 0 aliphatic heterocycles. The SMILES string of the molecule is Cc1cnccc1C1C(CO)C1(C)C. The Balaban J connectivity index is 2.31. The standard InChI is InChI=1S/C12H17NO/c1-8-6-13-5-4-9(8)11-10(7-14)12(11,2)3/h4-6,10-11,14H,7H2,1-3H3. The van der Waals surface area contributed by atoms with Crippen molar-refractivity contribution in [3.63, 3.8) is 0 Å². The molecule has 0 saturated heterocycles. The minimum absolute atomic E-state index is 0.251. The molecule has 1 aliphatic carbocycles. The van der Waals surface area contributed by atoms with E-state index in [4.69, 9.17) is 0 Å². The Morgan fingerprint density at radius 1 is 1.50 bits per heavy atom. The van der Waals surface area contributed by atoms with Gasteiger partial charge in [0, 0.05) is 19.0 Å². The average Bonchev–Trinajstić information content (AvgIpc) is 2.69. The predicted molar refractivity (Wildman–Crippen MR) is 56.1 cm³/mol. The molecule has 2 nitrogen and oxygen atoms in total. The van der Waals surface area contributed by atoms with Gasteiger partial charge in [-0.3, -0.25) is 4.98 Å². The van der Waals surface area contributed by atoms with Crippen LogP contribution >= 0.6 is 0 Å². The molecule has 2 rings (SSSR count). The van der Waals surface area contributed by atoms with Gasteiger partial charge in [-0.15, -0.1) is 0 Å². The third kappa shape index (κ3) is 1.25. The minimum atomic E-state index is 0.251. The molecular formula is C12H17NO. The lowest BCUT2D eigenvalue weighted by Gasteiger charge is -2.05. The second-order valence-electron chi connectivity index (χ2n) is 4.82. The monoisotopic (exact) mass is 191 g/mol. The molecule has 2 unspecified atom stereocenters. The van der Waals surface area contributed by atoms with Crippen LogP contribution in [0, 0.1) is 18.3 Å². The number of aliphatic hydroxyl groups excluding tert-OH is 1. The first-order valence-corrected chi connectivity index (χ1v) is 5.10. The quantitative estimate of drug-likeness (QED) is 0.776. The van der Waals surface area contributed by atoms with Crippen LogP contribution in [0.25, 0.3) is 0 Å². The highest BCUT2D eigenvalue weighted by Crippen LogP contribution is 2.64. The summed E-state index contributed by atoms with van der Waals surface area (Å²) < 4.78 is 0. The van der Waals surface area contributed by atoms with Crippen LogP contribution in [0.4, 0.5) is 0 Å². The molecule has 76 valence electrons. The molecule has 0 amide bonds. The maximum absolute atomic E-state index is 9.25. The molecule has 1 aromatic heterocycles. The minimum Gasteiger partial charge on any atom is -0.396 e. The summed E-state index contributed by atoms with van der Waals surface area (Å²) in [6.07, 6.45) is 3.74. The highest BCUT2D eigenvalue weighted by atomic mass is 16.3. The van der Waals surface area contributed by atoms with Crippen LogP contribution in [0.3, 0.4) is 0 Å². The van der Waals surface area contributed by atoms with Gasteiger partial charge in [-0.05, 0) is 41.4 Å². The highest BCUT2D eigenvalue weighted by Gasteiger charge is 2.57. The summed E-state index contributed by atoms with van der Waals surface area (Å²) in [4.78, 5) is 4.09. The second-order valence-corrected chi connectivity index (χ2v) is 4.82. The van der Waals surface area contributed by atoms with Gasteiger partial charge in [0.15, 0.2) is 0 Å². The fourth-order valence-corrected chi connectivity index (χ4v) is 2.54. The fourth-order valence-electron chi connectivity index (χ4n) is 2.54. The molecule has 1 saturated carbocycles. The molecule has 1 aromatic rings. The first-order chi connectivity index (χ1) is 6.59. The van der Waals surface area contributed by atoms with E-state index in [1.165, 1.54) is 11.1 Å². The van der Waals surface area contributed by atoms with E-state index in [1.807, 2.05) is 12.4 Å². The van der Waals surface area contributed by atoms with E-state index in [9.17, 15) is 5.11 Å². The van der Waals surface area contributed by atoms with Gasteiger partial charge in [0.1, 0.15) is 0 Å². The number of nitrogens with zero attached hydrogens (tertiary/aromatic N) is 1. The Morgan fingerprint density at radius 2 is 2.21 bits per heavy atom. The number of aromatic nitrogens is 1. The van der Waals surface area contributed by atoms with Crippen molar-refractivity contribution in [2.45, 2.75) is 26.7 Å². The van der Waals surface area contributed by atoms with Gasteiger partial charge in [0.25, 0.3) is 0 Å². The Labute approximate surface area is 85.0 Å². The third-order valence-corrected chi connectivity index (χ3v) is 3.65. The molecule has 0 aromatic carbocycles. The summed E-state index contributed by atoms with van der Waals surface area (Å²) >= 11 is 0. The smallest absolute Gasteiger partial charge is 0.0470 e. The van der Waals surface area contributed by atoms with Gasteiger partial charge in [0.2, 0.25) is 0 Å². The largest absolute Gasteiger partial charge is 0.396 e. The van der Waals surface area contributed by atoms with Crippen molar-refractivity contribution in [2.24, 2.45) is 11.3 Å². The van der Waals surface area contributed by atoms with E-state index in [1.54, 1.807) is 0 Å². The number of hydrogen-bond acceptors (Lipinski definition) is 2. The van der Waals surface area contributed by atoms with Crippen LogP contribution in [0.2, 0.25) is 0 Å². The summed E-state index contributed by atoms with van der Waals surface area (Å²) in [6, 6.07) is 2.08. The number of rotatable bonds is 2. The van der Waals surface area contributed by atoms with Crippen molar-refractivity contribution in [1.29, 1.82) is 0 Å². The molecule has 1 heterocycles. The van der Waals surface area contributed by atoms with Crippen molar-refractivity contribution in [1.82, 2.24) is 4.98 Å². The molecule has 0 spiro atoms. The second kappa shape index (κ2) is 3.06. The Bertz CT molecular complexity index is 346. The van der Waals surface area contributed by atoms with Crippen molar-refractivity contribution < 1.29 is 5.11 Å². The van der Waals surface area contributed by atoms with Gasteiger partial charge in [-0.25, -0.2) is 0 Å². The summed E-state index contributed by atoms with van der Waals surface area (Å²) in [7, 11) is 0. The van der Waals surface area contributed by atoms with Crippen molar-refractivity contribution >= 4 is 0 Å². The molecule has 0 bridgehead atoms. The summed E-state index contributed by atoms with van der Waals surface area (Å²) in [5, 5.41) is 9.25. The molecular weight excluding hydrogens is 174 g/mol. The number of aliphatic hydroxyl groups is 1. The lowest BCUT2D eigenvalue weighted by Crippen LogP contribution is -1.93. The van der Waals surface area contributed by atoms with Crippen LogP contribution in [0.5, 0.6) is 0 Å². The topological polar surface area (TPSA) is 33.1 Å². The molecule has 14 heavy (non-hydrogen) atoms. The van der Waals surface area contributed by atoms with Crippen molar-refractivity contribution in [3.05, 3.63) is 29.6 Å². The molecule has 1 aliphatic rings. The number of hydrogen-bond donors (Lipinski definition) is 1. The fraction of sp³-hybridized carbons (Fsp3) is 0.583. The first-order valence-electron chi connectivity index (χ1n) is 5.10. The summed E-state index contributed by atoms with van der Waals surface area (Å²) in [5.74, 6) is 0.930. The maximum atomic E-state index is 9.25. The zero-order chi connectivity index (χ0) is 10.3. The zero-order valence-corrected chi connectivity index (χ0v) is 8.99. The average molecular weight is 191 g/mol. The Hall–Kier alpha value is -0.890. The number of aryl methyl sites for hydroxylation is 1. The van der Waals surface area contributed by atoms with Crippen LogP contribution in [-0.4, -0.2) is 16.7 Å². The van der Waals surface area contributed by atoms with Gasteiger partial charge in [0.05, 0.1) is 0 Å². The van der Waals surface area contributed by atoms with E-state index < -0.39 is 0 Å². The van der Waals surface area contributed by atoms with E-state index in [-0.39, 0.29) is 5.41 Å². The Morgan fingerprint density at radius 3 is 2.71 bits per heavy atom. The van der Waals surface area contributed by atoms with E-state index in [0.29, 0.717) is 18.4 Å². The Kier molecular flexibility index (Phi) is 2.11. The third-order valence-electron chi connectivity index (χ3n) is 3.65. The first kappa shape index (κ1) is 9.66. The van der Waals surface area contributed by atoms with E-state index in [2.05, 4.69) is 31.8 Å². The lowest BCUT2D eigenvalue weighted by molar-refractivity contribution is 0.256. The molecule has 1 N–H and O–H groups in total. The van der Waals surface area contributed by atoms with Gasteiger partial charge in [-0.2, -0.15) is 0 Å². The lowest BCUT2D eigenvalue weighted by atomic mass is 10.0.